The van der Waals surface area contributed by atoms with E-state index in [4.69, 9.17) is 0 Å². The third-order valence-electron chi connectivity index (χ3n) is 3.42. The second-order valence-electron chi connectivity index (χ2n) is 4.71. The van der Waals surface area contributed by atoms with Gasteiger partial charge in [-0.3, -0.25) is 0 Å². The van der Waals surface area contributed by atoms with Crippen LogP contribution < -0.4 is 5.32 Å². The maximum absolute atomic E-state index is 4.30. The highest BCUT2D eigenvalue weighted by Gasteiger charge is 2.16. The molecule has 4 nitrogen and oxygen atoms in total. The van der Waals surface area contributed by atoms with Gasteiger partial charge >= 0.3 is 0 Å². The van der Waals surface area contributed by atoms with Crippen LogP contribution in [0.15, 0.2) is 24.5 Å². The number of hydrogen-bond acceptors (Lipinski definition) is 3. The van der Waals surface area contributed by atoms with Crippen molar-refractivity contribution in [2.45, 2.75) is 32.7 Å². The first-order chi connectivity index (χ1) is 8.90. The van der Waals surface area contributed by atoms with E-state index >= 15 is 0 Å². The molecular formula is C14H18N4. The molecule has 1 aliphatic rings. The van der Waals surface area contributed by atoms with Gasteiger partial charge < -0.3 is 9.88 Å². The van der Waals surface area contributed by atoms with Crippen LogP contribution in [0, 0.1) is 0 Å². The fourth-order valence-electron chi connectivity index (χ4n) is 2.59. The van der Waals surface area contributed by atoms with Crippen molar-refractivity contribution in [3.63, 3.8) is 0 Å². The Kier molecular flexibility index (Phi) is 3.00. The fourth-order valence-corrected chi connectivity index (χ4v) is 2.59. The molecule has 1 aliphatic heterocycles. The molecule has 3 rings (SSSR count). The van der Waals surface area contributed by atoms with E-state index in [0.717, 1.165) is 31.8 Å². The number of aryl methyl sites for hydroxylation is 1. The molecule has 0 saturated carbocycles. The summed E-state index contributed by atoms with van der Waals surface area (Å²) in [6.07, 6.45) is 5.23. The van der Waals surface area contributed by atoms with Crippen molar-refractivity contribution in [3.8, 4) is 11.4 Å². The molecule has 0 spiro atoms. The topological polar surface area (TPSA) is 42.7 Å². The maximum Gasteiger partial charge on any atom is 0.164 e. The van der Waals surface area contributed by atoms with Crippen LogP contribution in [0.2, 0.25) is 0 Å². The van der Waals surface area contributed by atoms with Crippen molar-refractivity contribution in [3.05, 3.63) is 30.1 Å². The number of aromatic nitrogens is 3. The van der Waals surface area contributed by atoms with Gasteiger partial charge in [0, 0.05) is 24.3 Å². The molecule has 2 heterocycles. The van der Waals surface area contributed by atoms with Crippen LogP contribution in [0.4, 0.5) is 5.69 Å². The van der Waals surface area contributed by atoms with Gasteiger partial charge in [0.2, 0.25) is 0 Å². The summed E-state index contributed by atoms with van der Waals surface area (Å²) >= 11 is 0. The Hall–Kier alpha value is -1.84. The lowest BCUT2D eigenvalue weighted by Gasteiger charge is -2.20. The summed E-state index contributed by atoms with van der Waals surface area (Å²) in [6, 6.07) is 6.40. The number of nitrogens with one attached hydrogen (secondary N) is 1. The van der Waals surface area contributed by atoms with E-state index < -0.39 is 0 Å². The van der Waals surface area contributed by atoms with Crippen molar-refractivity contribution in [2.24, 2.45) is 0 Å². The highest BCUT2D eigenvalue weighted by atomic mass is 15.3. The molecule has 0 aliphatic carbocycles. The highest BCUT2D eigenvalue weighted by molar-refractivity contribution is 5.70. The van der Waals surface area contributed by atoms with E-state index in [1.807, 2.05) is 6.33 Å². The molecule has 0 radical (unpaired) electrons. The third kappa shape index (κ3) is 1.88. The Labute approximate surface area is 107 Å². The standard InChI is InChI=1S/C14H18N4/c1-2-9-18-10-16-17-14(18)12-5-3-7-13-11(12)6-4-8-15-13/h3,5,7,10,15H,2,4,6,8-9H2,1H3. The van der Waals surface area contributed by atoms with Crippen LogP contribution in [-0.4, -0.2) is 21.3 Å². The van der Waals surface area contributed by atoms with E-state index in [-0.39, 0.29) is 0 Å². The van der Waals surface area contributed by atoms with Gasteiger partial charge in [-0.2, -0.15) is 0 Å². The van der Waals surface area contributed by atoms with Crippen molar-refractivity contribution < 1.29 is 0 Å². The molecule has 0 atom stereocenters. The van der Waals surface area contributed by atoms with Crippen molar-refractivity contribution in [1.82, 2.24) is 14.8 Å². The fraction of sp³-hybridized carbons (Fsp3) is 0.429. The van der Waals surface area contributed by atoms with Crippen molar-refractivity contribution >= 4 is 5.69 Å². The Morgan fingerprint density at radius 1 is 1.39 bits per heavy atom. The number of benzene rings is 1. The van der Waals surface area contributed by atoms with Crippen LogP contribution >= 0.6 is 0 Å². The SMILES string of the molecule is CCCn1cnnc1-c1cccc2c1CCCN2. The Balaban J connectivity index is 2.08. The Morgan fingerprint density at radius 2 is 2.33 bits per heavy atom. The second kappa shape index (κ2) is 4.80. The van der Waals surface area contributed by atoms with Crippen LogP contribution in [0.3, 0.4) is 0 Å². The average molecular weight is 242 g/mol. The zero-order chi connectivity index (χ0) is 12.4. The molecule has 0 unspecified atom stereocenters. The molecule has 1 N–H and O–H groups in total. The largest absolute Gasteiger partial charge is 0.385 e. The summed E-state index contributed by atoms with van der Waals surface area (Å²) in [5.41, 5.74) is 3.87. The van der Waals surface area contributed by atoms with Crippen LogP contribution in [0.25, 0.3) is 11.4 Å². The molecule has 18 heavy (non-hydrogen) atoms. The minimum Gasteiger partial charge on any atom is -0.385 e. The van der Waals surface area contributed by atoms with Gasteiger partial charge in [0.1, 0.15) is 6.33 Å². The predicted octanol–water partition coefficient (Wildman–Crippen LogP) is 2.71. The van der Waals surface area contributed by atoms with E-state index in [9.17, 15) is 0 Å². The lowest BCUT2D eigenvalue weighted by Crippen LogP contribution is -2.13. The summed E-state index contributed by atoms with van der Waals surface area (Å²) in [5, 5.41) is 11.8. The highest BCUT2D eigenvalue weighted by Crippen LogP contribution is 2.31. The monoisotopic (exact) mass is 242 g/mol. The van der Waals surface area contributed by atoms with Gasteiger partial charge in [-0.25, -0.2) is 0 Å². The Morgan fingerprint density at radius 3 is 3.22 bits per heavy atom. The zero-order valence-electron chi connectivity index (χ0n) is 10.7. The Bertz CT molecular complexity index is 544. The van der Waals surface area contributed by atoms with E-state index in [1.165, 1.54) is 23.2 Å². The van der Waals surface area contributed by atoms with Crippen LogP contribution in [-0.2, 0) is 13.0 Å². The summed E-state index contributed by atoms with van der Waals surface area (Å²) in [5.74, 6) is 0.998. The maximum atomic E-state index is 4.30. The van der Waals surface area contributed by atoms with Gasteiger partial charge in [0.15, 0.2) is 5.82 Å². The zero-order valence-corrected chi connectivity index (χ0v) is 10.7. The summed E-state index contributed by atoms with van der Waals surface area (Å²) in [7, 11) is 0. The van der Waals surface area contributed by atoms with Crippen LogP contribution in [0.1, 0.15) is 25.3 Å². The summed E-state index contributed by atoms with van der Waals surface area (Å²) in [6.45, 7) is 4.21. The molecule has 0 fully saturated rings. The smallest absolute Gasteiger partial charge is 0.164 e. The number of rotatable bonds is 3. The number of anilines is 1. The minimum absolute atomic E-state index is 0.972. The van der Waals surface area contributed by atoms with E-state index in [1.54, 1.807) is 0 Å². The first-order valence-corrected chi connectivity index (χ1v) is 6.64. The normalized spacial score (nSPS) is 14.1. The van der Waals surface area contributed by atoms with E-state index in [0.29, 0.717) is 0 Å². The van der Waals surface area contributed by atoms with Crippen molar-refractivity contribution in [1.29, 1.82) is 0 Å². The average Bonchev–Trinajstić information content (AvgIpc) is 2.87. The van der Waals surface area contributed by atoms with E-state index in [2.05, 4.69) is 45.2 Å². The molecule has 1 aromatic heterocycles. The number of hydrogen-bond donors (Lipinski definition) is 1. The molecule has 2 aromatic rings. The molecule has 0 saturated heterocycles. The lowest BCUT2D eigenvalue weighted by molar-refractivity contribution is 0.681. The van der Waals surface area contributed by atoms with Gasteiger partial charge in [-0.1, -0.05) is 19.1 Å². The molecule has 4 heteroatoms. The molecular weight excluding hydrogens is 224 g/mol. The molecule has 0 amide bonds. The van der Waals surface area contributed by atoms with Gasteiger partial charge in [-0.05, 0) is 30.9 Å². The molecule has 0 bridgehead atoms. The second-order valence-corrected chi connectivity index (χ2v) is 4.71. The third-order valence-corrected chi connectivity index (χ3v) is 3.42. The van der Waals surface area contributed by atoms with Crippen LogP contribution in [0.5, 0.6) is 0 Å². The first-order valence-electron chi connectivity index (χ1n) is 6.64. The quantitative estimate of drug-likeness (QED) is 0.900. The van der Waals surface area contributed by atoms with Gasteiger partial charge in [-0.15, -0.1) is 10.2 Å². The summed E-state index contributed by atoms with van der Waals surface area (Å²) in [4.78, 5) is 0. The van der Waals surface area contributed by atoms with Gasteiger partial charge in [0.05, 0.1) is 0 Å². The number of fused-ring (bicyclic) bond motifs is 1. The van der Waals surface area contributed by atoms with Crippen molar-refractivity contribution in [2.75, 3.05) is 11.9 Å². The molecule has 94 valence electrons. The number of nitrogens with zero attached hydrogens (tertiary/aromatic N) is 3. The molecule has 1 aromatic carbocycles. The minimum atomic E-state index is 0.972. The lowest BCUT2D eigenvalue weighted by atomic mass is 9.97. The van der Waals surface area contributed by atoms with Gasteiger partial charge in [0.25, 0.3) is 0 Å². The first kappa shape index (κ1) is 11.3. The predicted molar refractivity (Wildman–Crippen MR) is 72.6 cm³/mol. The summed E-state index contributed by atoms with van der Waals surface area (Å²) < 4.78 is 2.14.